The van der Waals surface area contributed by atoms with Gasteiger partial charge in [0, 0.05) is 12.5 Å². The first-order valence-electron chi connectivity index (χ1n) is 19.4. The number of hydrogen-bond acceptors (Lipinski definition) is 12. The molecule has 0 N–H and O–H groups in total. The Morgan fingerprint density at radius 1 is 0.220 bits per heavy atom. The average molecular weight is 747 g/mol. The minimum absolute atomic E-state index is 0.499. The van der Waals surface area contributed by atoms with E-state index in [4.69, 9.17) is 68.4 Å². The lowest BCUT2D eigenvalue weighted by atomic mass is 10.1. The molecule has 50 heavy (non-hydrogen) atoms. The minimum Gasteiger partial charge on any atom is -0.379 e. The molecule has 0 saturated carbocycles. The lowest BCUT2D eigenvalue weighted by Gasteiger charge is -2.09. The molecule has 0 fully saturated rings. The van der Waals surface area contributed by atoms with Crippen molar-refractivity contribution < 1.29 is 56.8 Å². The third-order valence-electron chi connectivity index (χ3n) is 7.21. The van der Waals surface area contributed by atoms with Crippen LogP contribution in [-0.2, 0) is 56.8 Å². The Kier molecular flexibility index (Phi) is 48.6. The summed E-state index contributed by atoms with van der Waals surface area (Å²) in [7, 11) is 0. The first-order valence-corrected chi connectivity index (χ1v) is 19.9. The van der Waals surface area contributed by atoms with Gasteiger partial charge in [-0.2, -0.15) is 0 Å². The molecule has 0 radical (unpaired) electrons. The summed E-state index contributed by atoms with van der Waals surface area (Å²) in [5.41, 5.74) is 0. The molecule has 0 amide bonds. The van der Waals surface area contributed by atoms with Crippen molar-refractivity contribution in [2.24, 2.45) is 0 Å². The van der Waals surface area contributed by atoms with Crippen LogP contribution >= 0.6 is 11.6 Å². The van der Waals surface area contributed by atoms with E-state index in [9.17, 15) is 0 Å². The minimum atomic E-state index is 0.499. The highest BCUT2D eigenvalue weighted by Gasteiger charge is 1.98. The van der Waals surface area contributed by atoms with Gasteiger partial charge in [-0.05, 0) is 6.42 Å². The molecule has 0 rings (SSSR count). The van der Waals surface area contributed by atoms with Crippen molar-refractivity contribution in [2.45, 2.75) is 77.6 Å². The van der Waals surface area contributed by atoms with Crippen molar-refractivity contribution in [2.75, 3.05) is 164 Å². The van der Waals surface area contributed by atoms with Gasteiger partial charge >= 0.3 is 0 Å². The maximum absolute atomic E-state index is 5.66. The molecule has 302 valence electrons. The van der Waals surface area contributed by atoms with Crippen molar-refractivity contribution in [3.8, 4) is 0 Å². The number of unbranched alkanes of at least 4 members (excludes halogenated alkanes) is 10. The summed E-state index contributed by atoms with van der Waals surface area (Å²) in [6.07, 6.45) is 14.9. The van der Waals surface area contributed by atoms with Crippen molar-refractivity contribution in [3.05, 3.63) is 0 Å². The number of rotatable bonds is 47. The Bertz CT molecular complexity index is 535. The maximum Gasteiger partial charge on any atom is 0.0701 e. The molecule has 0 heterocycles. The predicted molar refractivity (Wildman–Crippen MR) is 197 cm³/mol. The van der Waals surface area contributed by atoms with E-state index in [2.05, 4.69) is 6.92 Å². The third kappa shape index (κ3) is 47.8. The van der Waals surface area contributed by atoms with E-state index < -0.39 is 0 Å². The van der Waals surface area contributed by atoms with Gasteiger partial charge in [-0.25, -0.2) is 0 Å². The summed E-state index contributed by atoms with van der Waals surface area (Å²) in [6.45, 7) is 15.5. The second kappa shape index (κ2) is 48.8. The molecule has 0 unspecified atom stereocenters. The SMILES string of the molecule is CCCCCCCCCCCCCOCCOCCOCCOCCOCCOCCOCCOCCOCCOCCOCCOCCCl. The highest BCUT2D eigenvalue weighted by molar-refractivity contribution is 6.17. The van der Waals surface area contributed by atoms with E-state index in [-0.39, 0.29) is 0 Å². The largest absolute Gasteiger partial charge is 0.379 e. The van der Waals surface area contributed by atoms with Crippen molar-refractivity contribution in [3.63, 3.8) is 0 Å². The monoisotopic (exact) mass is 746 g/mol. The Hall–Kier alpha value is -0.190. The summed E-state index contributed by atoms with van der Waals surface area (Å²) in [6, 6.07) is 0. The maximum atomic E-state index is 5.66. The van der Waals surface area contributed by atoms with Crippen LogP contribution < -0.4 is 0 Å². The summed E-state index contributed by atoms with van der Waals surface area (Å²) in [4.78, 5) is 0. The molecule has 0 atom stereocenters. The van der Waals surface area contributed by atoms with Gasteiger partial charge in [-0.3, -0.25) is 0 Å². The van der Waals surface area contributed by atoms with Crippen LogP contribution in [0.25, 0.3) is 0 Å². The van der Waals surface area contributed by atoms with Crippen molar-refractivity contribution in [1.29, 1.82) is 0 Å². The van der Waals surface area contributed by atoms with Crippen molar-refractivity contribution >= 4 is 11.6 Å². The molecule has 12 nitrogen and oxygen atoms in total. The second-order valence-corrected chi connectivity index (χ2v) is 12.0. The average Bonchev–Trinajstić information content (AvgIpc) is 3.13. The van der Waals surface area contributed by atoms with Gasteiger partial charge in [-0.1, -0.05) is 71.1 Å². The number of hydrogen-bond donors (Lipinski definition) is 0. The second-order valence-electron chi connectivity index (χ2n) is 11.6. The summed E-state index contributed by atoms with van der Waals surface area (Å²) in [5.74, 6) is 0.499. The van der Waals surface area contributed by atoms with Gasteiger partial charge in [0.1, 0.15) is 0 Å². The van der Waals surface area contributed by atoms with E-state index in [1.807, 2.05) is 0 Å². The number of alkyl halides is 1. The standard InChI is InChI=1S/C37H75ClO12/c1-2-3-4-5-6-7-8-9-10-11-12-14-39-16-18-41-20-22-43-24-26-45-28-30-47-32-34-49-36-37-50-35-33-48-31-29-46-27-25-44-23-21-42-19-17-40-15-13-38/h2-37H2,1H3. The number of ether oxygens (including phenoxy) is 12. The van der Waals surface area contributed by atoms with Gasteiger partial charge < -0.3 is 56.8 Å². The van der Waals surface area contributed by atoms with Crippen LogP contribution in [0.2, 0.25) is 0 Å². The van der Waals surface area contributed by atoms with E-state index in [1.54, 1.807) is 0 Å². The predicted octanol–water partition coefficient (Wildman–Crippen LogP) is 5.74. The van der Waals surface area contributed by atoms with Gasteiger partial charge in [0.2, 0.25) is 0 Å². The van der Waals surface area contributed by atoms with Gasteiger partial charge in [0.05, 0.1) is 152 Å². The molecular formula is C37H75ClO12. The van der Waals surface area contributed by atoms with Crippen LogP contribution in [-0.4, -0.2) is 164 Å². The van der Waals surface area contributed by atoms with Gasteiger partial charge in [0.25, 0.3) is 0 Å². The lowest BCUT2D eigenvalue weighted by Crippen LogP contribution is -2.15. The molecule has 0 bridgehead atoms. The molecule has 0 aliphatic rings. The zero-order valence-corrected chi connectivity index (χ0v) is 32.5. The Labute approximate surface area is 310 Å². The first-order chi connectivity index (χ1) is 24.9. The summed E-state index contributed by atoms with van der Waals surface area (Å²) in [5, 5.41) is 0. The molecule has 13 heteroatoms. The molecular weight excluding hydrogens is 672 g/mol. The third-order valence-corrected chi connectivity index (χ3v) is 7.36. The quantitative estimate of drug-likeness (QED) is 0.0560. The highest BCUT2D eigenvalue weighted by Crippen LogP contribution is 2.11. The van der Waals surface area contributed by atoms with E-state index in [0.29, 0.717) is 158 Å². The van der Waals surface area contributed by atoms with Crippen LogP contribution in [0.5, 0.6) is 0 Å². The van der Waals surface area contributed by atoms with Crippen LogP contribution in [0.15, 0.2) is 0 Å². The molecule has 0 aliphatic carbocycles. The molecule has 0 spiro atoms. The molecule has 0 aliphatic heterocycles. The molecule has 0 aromatic rings. The van der Waals surface area contributed by atoms with Gasteiger partial charge in [-0.15, -0.1) is 11.6 Å². The first kappa shape index (κ1) is 49.8. The van der Waals surface area contributed by atoms with E-state index in [0.717, 1.165) is 13.0 Å². The fourth-order valence-electron chi connectivity index (χ4n) is 4.44. The van der Waals surface area contributed by atoms with E-state index >= 15 is 0 Å². The normalized spacial score (nSPS) is 11.6. The van der Waals surface area contributed by atoms with Gasteiger partial charge in [0.15, 0.2) is 0 Å². The number of halogens is 1. The molecule has 0 saturated heterocycles. The molecule has 0 aromatic heterocycles. The smallest absolute Gasteiger partial charge is 0.0701 e. The summed E-state index contributed by atoms with van der Waals surface area (Å²) < 4.78 is 65.7. The van der Waals surface area contributed by atoms with E-state index in [1.165, 1.54) is 64.2 Å². The van der Waals surface area contributed by atoms with Crippen LogP contribution in [0.4, 0.5) is 0 Å². The summed E-state index contributed by atoms with van der Waals surface area (Å²) >= 11 is 5.52. The fourth-order valence-corrected chi connectivity index (χ4v) is 4.55. The van der Waals surface area contributed by atoms with Crippen LogP contribution in [0.1, 0.15) is 77.6 Å². The fraction of sp³-hybridized carbons (Fsp3) is 1.00. The van der Waals surface area contributed by atoms with Crippen molar-refractivity contribution in [1.82, 2.24) is 0 Å². The zero-order valence-electron chi connectivity index (χ0n) is 31.7. The highest BCUT2D eigenvalue weighted by atomic mass is 35.5. The van der Waals surface area contributed by atoms with Crippen LogP contribution in [0.3, 0.4) is 0 Å². The van der Waals surface area contributed by atoms with Crippen LogP contribution in [0, 0.1) is 0 Å². The Morgan fingerprint density at radius 3 is 0.620 bits per heavy atom. The Morgan fingerprint density at radius 2 is 0.400 bits per heavy atom. The Balaban J connectivity index is 3.04. The lowest BCUT2D eigenvalue weighted by molar-refractivity contribution is -0.0282. The molecule has 0 aromatic carbocycles. The topological polar surface area (TPSA) is 111 Å². The zero-order chi connectivity index (χ0) is 35.9.